The second-order valence-electron chi connectivity index (χ2n) is 3.83. The highest BCUT2D eigenvalue weighted by Crippen LogP contribution is 2.06. The predicted molar refractivity (Wildman–Crippen MR) is 66.1 cm³/mol. The topological polar surface area (TPSA) is 115 Å². The largest absolute Gasteiger partial charge is 0.392 e. The number of carbonyl (C=O) groups is 1. The molecule has 0 saturated carbocycles. The molecule has 8 heteroatoms. The Morgan fingerprint density at radius 1 is 1.25 bits per heavy atom. The summed E-state index contributed by atoms with van der Waals surface area (Å²) in [5.74, 6) is -0.973. The summed E-state index contributed by atoms with van der Waals surface area (Å²) in [6, 6.07) is -0.957. The zero-order valence-corrected chi connectivity index (χ0v) is 11.1. The van der Waals surface area contributed by atoms with Crippen molar-refractivity contribution in [1.29, 1.82) is 0 Å². The summed E-state index contributed by atoms with van der Waals surface area (Å²) in [5.41, 5.74) is 10.3. The lowest BCUT2D eigenvalue weighted by Gasteiger charge is -2.21. The Morgan fingerprint density at radius 2 is 1.69 bits per heavy atom. The number of nitrogens with one attached hydrogen (secondary N) is 1. The van der Waals surface area contributed by atoms with Gasteiger partial charge < -0.3 is 11.5 Å². The second kappa shape index (κ2) is 5.55. The number of rotatable bonds is 6. The van der Waals surface area contributed by atoms with Crippen molar-refractivity contribution < 1.29 is 13.2 Å². The van der Waals surface area contributed by atoms with Crippen LogP contribution < -0.4 is 16.2 Å². The standard InChI is InChI=1S/C8H17N3O3S2/c1-4(2)6(7(9)12)11-16(13,14)5(3)8(10)15/h4-6,11H,1-3H3,(H2,9,12)(H2,10,15). The average molecular weight is 267 g/mol. The third-order valence-electron chi connectivity index (χ3n) is 2.13. The van der Waals surface area contributed by atoms with Gasteiger partial charge in [-0.15, -0.1) is 0 Å². The minimum Gasteiger partial charge on any atom is -0.392 e. The molecule has 0 aromatic rings. The molecule has 0 bridgehead atoms. The molecule has 0 saturated heterocycles. The summed E-state index contributed by atoms with van der Waals surface area (Å²) in [7, 11) is -3.77. The van der Waals surface area contributed by atoms with E-state index in [9.17, 15) is 13.2 Å². The van der Waals surface area contributed by atoms with Crippen LogP contribution in [0.25, 0.3) is 0 Å². The Kier molecular flexibility index (Phi) is 5.30. The van der Waals surface area contributed by atoms with Crippen LogP contribution in [0.2, 0.25) is 0 Å². The van der Waals surface area contributed by atoms with Crippen LogP contribution in [-0.2, 0) is 14.8 Å². The van der Waals surface area contributed by atoms with Gasteiger partial charge in [0, 0.05) is 0 Å². The van der Waals surface area contributed by atoms with E-state index in [4.69, 9.17) is 11.5 Å². The molecule has 0 radical (unpaired) electrons. The fraction of sp³-hybridized carbons (Fsp3) is 0.750. The minimum atomic E-state index is -3.77. The van der Waals surface area contributed by atoms with Crippen molar-refractivity contribution in [2.45, 2.75) is 32.1 Å². The highest BCUT2D eigenvalue weighted by atomic mass is 32.2. The van der Waals surface area contributed by atoms with Gasteiger partial charge in [0.1, 0.15) is 11.3 Å². The fourth-order valence-electron chi connectivity index (χ4n) is 0.955. The number of nitrogens with two attached hydrogens (primary N) is 2. The first kappa shape index (κ1) is 15.3. The van der Waals surface area contributed by atoms with Crippen LogP contribution in [-0.4, -0.2) is 30.6 Å². The SMILES string of the molecule is CC(C)C(NS(=O)(=O)C(C)C(N)=S)C(N)=O. The van der Waals surface area contributed by atoms with Crippen LogP contribution in [0, 0.1) is 5.92 Å². The maximum absolute atomic E-state index is 11.7. The number of sulfonamides is 1. The predicted octanol–water partition coefficient (Wildman–Crippen LogP) is -0.910. The van der Waals surface area contributed by atoms with E-state index in [2.05, 4.69) is 16.9 Å². The highest BCUT2D eigenvalue weighted by molar-refractivity contribution is 7.93. The average Bonchev–Trinajstić information content (AvgIpc) is 2.11. The quantitative estimate of drug-likeness (QED) is 0.539. The first-order valence-electron chi connectivity index (χ1n) is 4.69. The van der Waals surface area contributed by atoms with Crippen LogP contribution in [0.3, 0.4) is 0 Å². The van der Waals surface area contributed by atoms with Crippen LogP contribution >= 0.6 is 12.2 Å². The van der Waals surface area contributed by atoms with Crippen LogP contribution in [0.15, 0.2) is 0 Å². The zero-order valence-electron chi connectivity index (χ0n) is 9.43. The van der Waals surface area contributed by atoms with E-state index >= 15 is 0 Å². The molecule has 16 heavy (non-hydrogen) atoms. The zero-order chi connectivity index (χ0) is 13.1. The molecule has 0 heterocycles. The fourth-order valence-corrected chi connectivity index (χ4v) is 2.59. The smallest absolute Gasteiger partial charge is 0.235 e. The Balaban J connectivity index is 4.95. The van der Waals surface area contributed by atoms with E-state index in [1.165, 1.54) is 6.92 Å². The van der Waals surface area contributed by atoms with Gasteiger partial charge in [-0.05, 0) is 12.8 Å². The summed E-state index contributed by atoms with van der Waals surface area (Å²) in [5, 5.41) is -1.04. The van der Waals surface area contributed by atoms with Gasteiger partial charge in [0.05, 0.1) is 4.99 Å². The number of carbonyl (C=O) groups excluding carboxylic acids is 1. The van der Waals surface area contributed by atoms with Crippen molar-refractivity contribution in [3.05, 3.63) is 0 Å². The molecule has 6 nitrogen and oxygen atoms in total. The van der Waals surface area contributed by atoms with Crippen molar-refractivity contribution in [2.24, 2.45) is 17.4 Å². The summed E-state index contributed by atoms with van der Waals surface area (Å²) in [4.78, 5) is 10.9. The molecule has 1 amide bonds. The van der Waals surface area contributed by atoms with Gasteiger partial charge in [-0.3, -0.25) is 4.79 Å². The molecule has 0 aliphatic carbocycles. The highest BCUT2D eigenvalue weighted by Gasteiger charge is 2.30. The molecule has 0 fully saturated rings. The Bertz CT molecular complexity index is 378. The second-order valence-corrected chi connectivity index (χ2v) is 6.34. The van der Waals surface area contributed by atoms with Gasteiger partial charge in [-0.2, -0.15) is 0 Å². The normalized spacial score (nSPS) is 15.8. The first-order chi connectivity index (χ1) is 7.09. The van der Waals surface area contributed by atoms with E-state index in [0.29, 0.717) is 0 Å². The number of amides is 1. The van der Waals surface area contributed by atoms with Crippen molar-refractivity contribution in [1.82, 2.24) is 4.72 Å². The Morgan fingerprint density at radius 3 is 1.94 bits per heavy atom. The van der Waals surface area contributed by atoms with Crippen LogP contribution in [0.5, 0.6) is 0 Å². The van der Waals surface area contributed by atoms with Crippen molar-refractivity contribution >= 4 is 33.1 Å². The van der Waals surface area contributed by atoms with Crippen molar-refractivity contribution in [3.63, 3.8) is 0 Å². The van der Waals surface area contributed by atoms with E-state index in [0.717, 1.165) is 0 Å². The molecule has 2 unspecified atom stereocenters. The third kappa shape index (κ3) is 4.03. The molecular weight excluding hydrogens is 250 g/mol. The van der Waals surface area contributed by atoms with Crippen molar-refractivity contribution in [2.75, 3.05) is 0 Å². The van der Waals surface area contributed by atoms with Gasteiger partial charge in [0.2, 0.25) is 15.9 Å². The van der Waals surface area contributed by atoms with Gasteiger partial charge in [0.15, 0.2) is 0 Å². The van der Waals surface area contributed by atoms with E-state index in [1.807, 2.05) is 0 Å². The number of primary amides is 1. The molecule has 5 N–H and O–H groups in total. The monoisotopic (exact) mass is 267 g/mol. The van der Waals surface area contributed by atoms with E-state index in [-0.39, 0.29) is 10.9 Å². The number of hydrogen-bond acceptors (Lipinski definition) is 4. The minimum absolute atomic E-state index is 0.153. The molecule has 0 aromatic heterocycles. The summed E-state index contributed by atoms with van der Waals surface area (Å²) in [6.45, 7) is 4.72. The van der Waals surface area contributed by atoms with E-state index < -0.39 is 27.2 Å². The summed E-state index contributed by atoms with van der Waals surface area (Å²) in [6.07, 6.45) is 0. The molecule has 0 aliphatic heterocycles. The van der Waals surface area contributed by atoms with Crippen molar-refractivity contribution in [3.8, 4) is 0 Å². The molecule has 0 spiro atoms. The lowest BCUT2D eigenvalue weighted by molar-refractivity contribution is -0.120. The maximum atomic E-state index is 11.7. The molecule has 0 rings (SSSR count). The molecule has 0 aromatic carbocycles. The van der Waals surface area contributed by atoms with Crippen LogP contribution in [0.4, 0.5) is 0 Å². The molecule has 2 atom stereocenters. The van der Waals surface area contributed by atoms with Gasteiger partial charge in [-0.1, -0.05) is 26.1 Å². The van der Waals surface area contributed by atoms with Gasteiger partial charge in [-0.25, -0.2) is 13.1 Å². The Labute approximate surface area is 101 Å². The third-order valence-corrected chi connectivity index (χ3v) is 4.40. The van der Waals surface area contributed by atoms with Gasteiger partial charge in [0.25, 0.3) is 0 Å². The molecule has 0 aliphatic rings. The lowest BCUT2D eigenvalue weighted by Crippen LogP contribution is -2.51. The number of hydrogen-bond donors (Lipinski definition) is 3. The summed E-state index contributed by atoms with van der Waals surface area (Å²) < 4.78 is 25.6. The maximum Gasteiger partial charge on any atom is 0.235 e. The first-order valence-corrected chi connectivity index (χ1v) is 6.64. The lowest BCUT2D eigenvalue weighted by atomic mass is 10.1. The van der Waals surface area contributed by atoms with Crippen LogP contribution in [0.1, 0.15) is 20.8 Å². The molecule has 94 valence electrons. The molecular formula is C8H17N3O3S2. The number of thiocarbonyl (C=S) groups is 1. The summed E-state index contributed by atoms with van der Waals surface area (Å²) >= 11 is 4.59. The van der Waals surface area contributed by atoms with E-state index in [1.54, 1.807) is 13.8 Å². The van der Waals surface area contributed by atoms with Gasteiger partial charge >= 0.3 is 0 Å². The Hall–Kier alpha value is -0.730.